The highest BCUT2D eigenvalue weighted by Crippen LogP contribution is 2.42. The van der Waals surface area contributed by atoms with Gasteiger partial charge in [-0.05, 0) is 37.5 Å². The van der Waals surface area contributed by atoms with Gasteiger partial charge in [0.25, 0.3) is 0 Å². The van der Waals surface area contributed by atoms with Crippen LogP contribution in [0.5, 0.6) is 11.5 Å². The topological polar surface area (TPSA) is 79.7 Å². The van der Waals surface area contributed by atoms with E-state index in [9.17, 15) is 0 Å². The zero-order valence-corrected chi connectivity index (χ0v) is 11.1. The van der Waals surface area contributed by atoms with Gasteiger partial charge in [-0.2, -0.15) is 0 Å². The summed E-state index contributed by atoms with van der Waals surface area (Å²) in [5.41, 5.74) is 12.4. The van der Waals surface area contributed by atoms with Crippen LogP contribution in [0.3, 0.4) is 0 Å². The van der Waals surface area contributed by atoms with Crippen LogP contribution in [0.4, 0.5) is 0 Å². The predicted molar refractivity (Wildman–Crippen MR) is 71.1 cm³/mol. The summed E-state index contributed by atoms with van der Waals surface area (Å²) < 4.78 is 16.7. The average Bonchev–Trinajstić information content (AvgIpc) is 2.85. The molecule has 5 heteroatoms. The molecular weight excluding hydrogens is 244 g/mol. The molecule has 1 aromatic carbocycles. The Morgan fingerprint density at radius 1 is 1.26 bits per heavy atom. The van der Waals surface area contributed by atoms with Crippen LogP contribution in [0, 0.1) is 0 Å². The highest BCUT2D eigenvalue weighted by molar-refractivity contribution is 5.46. The highest BCUT2D eigenvalue weighted by atomic mass is 16.7. The molecule has 2 atom stereocenters. The standard InChI is InChI=1S/C14H20N2O3/c1-13(7-14(16,8-15)4-5-19-13)10-2-3-11-12(6-10)18-9-17-11/h2-3,6H,4-5,7-9,15-16H2,1H3. The van der Waals surface area contributed by atoms with Gasteiger partial charge in [-0.25, -0.2) is 0 Å². The highest BCUT2D eigenvalue weighted by Gasteiger charge is 2.41. The van der Waals surface area contributed by atoms with Crippen molar-refractivity contribution in [2.45, 2.75) is 30.9 Å². The normalized spacial score (nSPS) is 33.4. The van der Waals surface area contributed by atoms with Crippen LogP contribution in [0.2, 0.25) is 0 Å². The van der Waals surface area contributed by atoms with E-state index in [1.165, 1.54) is 0 Å². The van der Waals surface area contributed by atoms with Gasteiger partial charge in [0.05, 0.1) is 5.60 Å². The summed E-state index contributed by atoms with van der Waals surface area (Å²) in [6, 6.07) is 5.90. The Balaban J connectivity index is 1.91. The van der Waals surface area contributed by atoms with Crippen LogP contribution in [0.15, 0.2) is 18.2 Å². The van der Waals surface area contributed by atoms with Crippen molar-refractivity contribution in [2.24, 2.45) is 11.5 Å². The Morgan fingerprint density at radius 2 is 2.05 bits per heavy atom. The van der Waals surface area contributed by atoms with Crippen molar-refractivity contribution in [2.75, 3.05) is 19.9 Å². The fourth-order valence-electron chi connectivity index (χ4n) is 2.88. The SMILES string of the molecule is CC1(c2ccc3c(c2)OCO3)CC(N)(CN)CCO1. The van der Waals surface area contributed by atoms with E-state index in [1.807, 2.05) is 18.2 Å². The molecule has 1 saturated heterocycles. The monoisotopic (exact) mass is 264 g/mol. The van der Waals surface area contributed by atoms with Crippen molar-refractivity contribution in [3.63, 3.8) is 0 Å². The Morgan fingerprint density at radius 3 is 2.84 bits per heavy atom. The minimum atomic E-state index is -0.423. The summed E-state index contributed by atoms with van der Waals surface area (Å²) in [7, 11) is 0. The van der Waals surface area contributed by atoms with E-state index in [-0.39, 0.29) is 12.3 Å². The molecule has 3 rings (SSSR count). The van der Waals surface area contributed by atoms with Gasteiger partial charge in [0.1, 0.15) is 0 Å². The smallest absolute Gasteiger partial charge is 0.231 e. The van der Waals surface area contributed by atoms with Crippen molar-refractivity contribution in [1.29, 1.82) is 0 Å². The fraction of sp³-hybridized carbons (Fsp3) is 0.571. The molecule has 2 aliphatic rings. The molecule has 0 aliphatic carbocycles. The second-order valence-corrected chi connectivity index (χ2v) is 5.64. The van der Waals surface area contributed by atoms with Crippen LogP contribution in [-0.2, 0) is 10.3 Å². The molecule has 0 radical (unpaired) electrons. The molecule has 2 unspecified atom stereocenters. The lowest BCUT2D eigenvalue weighted by atomic mass is 9.78. The molecule has 0 amide bonds. The zero-order valence-electron chi connectivity index (χ0n) is 11.1. The van der Waals surface area contributed by atoms with Crippen molar-refractivity contribution in [3.05, 3.63) is 23.8 Å². The first-order chi connectivity index (χ1) is 9.05. The number of rotatable bonds is 2. The molecule has 2 heterocycles. The van der Waals surface area contributed by atoms with Crippen LogP contribution in [-0.4, -0.2) is 25.5 Å². The second-order valence-electron chi connectivity index (χ2n) is 5.64. The molecule has 0 saturated carbocycles. The quantitative estimate of drug-likeness (QED) is 0.836. The van der Waals surface area contributed by atoms with E-state index >= 15 is 0 Å². The van der Waals surface area contributed by atoms with Gasteiger partial charge in [-0.1, -0.05) is 6.07 Å². The molecule has 0 aromatic heterocycles. The van der Waals surface area contributed by atoms with Gasteiger partial charge in [0.2, 0.25) is 6.79 Å². The lowest BCUT2D eigenvalue weighted by Crippen LogP contribution is -2.56. The summed E-state index contributed by atoms with van der Waals surface area (Å²) in [5, 5.41) is 0. The minimum absolute atomic E-state index is 0.278. The second kappa shape index (κ2) is 4.37. The maximum absolute atomic E-state index is 6.32. The lowest BCUT2D eigenvalue weighted by molar-refractivity contribution is -0.0958. The number of nitrogens with two attached hydrogens (primary N) is 2. The first-order valence-electron chi connectivity index (χ1n) is 6.58. The number of fused-ring (bicyclic) bond motifs is 1. The summed E-state index contributed by atoms with van der Waals surface area (Å²) in [6.45, 7) is 3.43. The van der Waals surface area contributed by atoms with Gasteiger partial charge >= 0.3 is 0 Å². The average molecular weight is 264 g/mol. The van der Waals surface area contributed by atoms with E-state index in [0.29, 0.717) is 19.6 Å². The predicted octanol–water partition coefficient (Wildman–Crippen LogP) is 1.10. The molecular formula is C14H20N2O3. The van der Waals surface area contributed by atoms with E-state index in [4.69, 9.17) is 25.7 Å². The van der Waals surface area contributed by atoms with Crippen LogP contribution in [0.1, 0.15) is 25.3 Å². The molecule has 2 aliphatic heterocycles. The molecule has 5 nitrogen and oxygen atoms in total. The number of ether oxygens (including phenoxy) is 3. The maximum atomic E-state index is 6.32. The largest absolute Gasteiger partial charge is 0.454 e. The Labute approximate surface area is 112 Å². The molecule has 1 aromatic rings. The molecule has 0 bridgehead atoms. The van der Waals surface area contributed by atoms with E-state index in [0.717, 1.165) is 23.5 Å². The van der Waals surface area contributed by atoms with Crippen LogP contribution in [0.25, 0.3) is 0 Å². The number of hydrogen-bond acceptors (Lipinski definition) is 5. The molecule has 4 N–H and O–H groups in total. The third kappa shape index (κ3) is 2.18. The number of hydrogen-bond donors (Lipinski definition) is 2. The summed E-state index contributed by atoms with van der Waals surface area (Å²) in [6.07, 6.45) is 1.50. The van der Waals surface area contributed by atoms with Gasteiger partial charge < -0.3 is 25.7 Å². The summed E-state index contributed by atoms with van der Waals surface area (Å²) in [5.74, 6) is 1.55. The summed E-state index contributed by atoms with van der Waals surface area (Å²) >= 11 is 0. The van der Waals surface area contributed by atoms with E-state index in [2.05, 4.69) is 6.92 Å². The minimum Gasteiger partial charge on any atom is -0.454 e. The molecule has 0 spiro atoms. The third-order valence-electron chi connectivity index (χ3n) is 4.10. The van der Waals surface area contributed by atoms with Crippen molar-refractivity contribution >= 4 is 0 Å². The van der Waals surface area contributed by atoms with E-state index in [1.54, 1.807) is 0 Å². The Kier molecular flexibility index (Phi) is 2.92. The molecule has 104 valence electrons. The first-order valence-corrected chi connectivity index (χ1v) is 6.58. The lowest BCUT2D eigenvalue weighted by Gasteiger charge is -2.44. The van der Waals surface area contributed by atoms with E-state index < -0.39 is 5.60 Å². The van der Waals surface area contributed by atoms with Gasteiger partial charge in [0, 0.05) is 18.7 Å². The summed E-state index contributed by atoms with van der Waals surface area (Å²) in [4.78, 5) is 0. The van der Waals surface area contributed by atoms with Crippen molar-refractivity contribution < 1.29 is 14.2 Å². The third-order valence-corrected chi connectivity index (χ3v) is 4.10. The van der Waals surface area contributed by atoms with Crippen LogP contribution >= 0.6 is 0 Å². The number of benzene rings is 1. The maximum Gasteiger partial charge on any atom is 0.231 e. The van der Waals surface area contributed by atoms with Gasteiger partial charge in [-0.15, -0.1) is 0 Å². The Bertz CT molecular complexity index is 494. The van der Waals surface area contributed by atoms with Crippen molar-refractivity contribution in [3.8, 4) is 11.5 Å². The Hall–Kier alpha value is -1.30. The zero-order chi connectivity index (χ0) is 13.5. The fourth-order valence-corrected chi connectivity index (χ4v) is 2.88. The molecule has 1 fully saturated rings. The van der Waals surface area contributed by atoms with Gasteiger partial charge in [0.15, 0.2) is 11.5 Å². The molecule has 19 heavy (non-hydrogen) atoms. The first kappa shape index (κ1) is 12.7. The van der Waals surface area contributed by atoms with Crippen molar-refractivity contribution in [1.82, 2.24) is 0 Å². The van der Waals surface area contributed by atoms with Crippen LogP contribution < -0.4 is 20.9 Å². The van der Waals surface area contributed by atoms with Gasteiger partial charge in [-0.3, -0.25) is 0 Å².